The minimum absolute atomic E-state index is 0.0174. The van der Waals surface area contributed by atoms with E-state index in [1.54, 1.807) is 36.4 Å². The fraction of sp³-hybridized carbons (Fsp3) is 0.440. The van der Waals surface area contributed by atoms with E-state index in [-0.39, 0.29) is 23.9 Å². The number of rotatable bonds is 7. The monoisotopic (exact) mass is 441 g/mol. The van der Waals surface area contributed by atoms with E-state index in [1.165, 1.54) is 6.92 Å². The van der Waals surface area contributed by atoms with Crippen LogP contribution in [-0.2, 0) is 0 Å². The number of carbonyl (C=O) groups excluding carboxylic acids is 2. The van der Waals surface area contributed by atoms with Gasteiger partial charge in [0.25, 0.3) is 5.91 Å². The number of hydrogen-bond acceptors (Lipinski definition) is 4. The second-order valence-electron chi connectivity index (χ2n) is 8.42. The van der Waals surface area contributed by atoms with Crippen LogP contribution in [0.1, 0.15) is 79.0 Å². The molecule has 6 heteroatoms. The highest BCUT2D eigenvalue weighted by Crippen LogP contribution is 2.41. The van der Waals surface area contributed by atoms with Gasteiger partial charge in [-0.05, 0) is 94.7 Å². The minimum atomic E-state index is -0.291. The average molecular weight is 442 g/mol. The highest BCUT2D eigenvalue weighted by Gasteiger charge is 2.25. The van der Waals surface area contributed by atoms with Crippen LogP contribution in [0.15, 0.2) is 36.4 Å². The minimum Gasteiger partial charge on any atom is -0.486 e. The van der Waals surface area contributed by atoms with Crippen LogP contribution in [0.2, 0.25) is 5.02 Å². The van der Waals surface area contributed by atoms with Crippen LogP contribution in [0.4, 0.5) is 5.69 Å². The Bertz CT molecular complexity index is 945. The van der Waals surface area contributed by atoms with Gasteiger partial charge in [0.15, 0.2) is 17.3 Å². The van der Waals surface area contributed by atoms with Crippen molar-refractivity contribution in [3.8, 4) is 11.5 Å². The normalized spacial score (nSPS) is 17.0. The third-order valence-electron chi connectivity index (χ3n) is 6.00. The Morgan fingerprint density at radius 1 is 0.871 bits per heavy atom. The van der Waals surface area contributed by atoms with Gasteiger partial charge in [0.1, 0.15) is 0 Å². The zero-order valence-electron chi connectivity index (χ0n) is 17.8. The smallest absolute Gasteiger partial charge is 0.255 e. The molecule has 0 radical (unpaired) electrons. The number of halogens is 1. The second kappa shape index (κ2) is 9.73. The molecule has 0 bridgehead atoms. The number of nitrogens with one attached hydrogen (secondary N) is 1. The predicted octanol–water partition coefficient (Wildman–Crippen LogP) is 6.44. The van der Waals surface area contributed by atoms with Crippen molar-refractivity contribution in [3.63, 3.8) is 0 Å². The van der Waals surface area contributed by atoms with Crippen LogP contribution >= 0.6 is 11.6 Å². The zero-order valence-corrected chi connectivity index (χ0v) is 18.5. The molecule has 0 saturated heterocycles. The summed E-state index contributed by atoms with van der Waals surface area (Å²) >= 11 is 6.58. The van der Waals surface area contributed by atoms with Crippen molar-refractivity contribution in [3.05, 3.63) is 52.5 Å². The van der Waals surface area contributed by atoms with E-state index in [1.807, 2.05) is 0 Å². The van der Waals surface area contributed by atoms with Crippen molar-refractivity contribution >= 4 is 29.0 Å². The molecule has 2 aliphatic carbocycles. The summed E-state index contributed by atoms with van der Waals surface area (Å²) in [6.07, 6.45) is 8.89. The molecule has 5 nitrogen and oxygen atoms in total. The Hall–Kier alpha value is -2.53. The summed E-state index contributed by atoms with van der Waals surface area (Å²) in [5.41, 5.74) is 1.62. The van der Waals surface area contributed by atoms with Crippen LogP contribution in [0.25, 0.3) is 0 Å². The molecule has 31 heavy (non-hydrogen) atoms. The van der Waals surface area contributed by atoms with Gasteiger partial charge in [0, 0.05) is 16.8 Å². The number of anilines is 1. The van der Waals surface area contributed by atoms with Crippen molar-refractivity contribution in [1.29, 1.82) is 0 Å². The molecular formula is C25H28ClNO4. The number of ether oxygens (including phenoxy) is 2. The lowest BCUT2D eigenvalue weighted by Crippen LogP contribution is -2.17. The summed E-state index contributed by atoms with van der Waals surface area (Å²) in [7, 11) is 0. The van der Waals surface area contributed by atoms with Crippen LogP contribution in [0.5, 0.6) is 11.5 Å². The number of ketones is 1. The summed E-state index contributed by atoms with van der Waals surface area (Å²) < 4.78 is 12.5. The van der Waals surface area contributed by atoms with E-state index in [0.29, 0.717) is 33.3 Å². The molecular weight excluding hydrogens is 414 g/mol. The Labute approximate surface area is 188 Å². The molecule has 2 fully saturated rings. The Morgan fingerprint density at radius 3 is 2.03 bits per heavy atom. The maximum absolute atomic E-state index is 12.9. The molecule has 0 aliphatic heterocycles. The molecule has 1 amide bonds. The molecule has 0 heterocycles. The predicted molar refractivity (Wildman–Crippen MR) is 122 cm³/mol. The van der Waals surface area contributed by atoms with Gasteiger partial charge in [-0.3, -0.25) is 9.59 Å². The number of carbonyl (C=O) groups is 2. The van der Waals surface area contributed by atoms with Gasteiger partial charge < -0.3 is 14.8 Å². The van der Waals surface area contributed by atoms with Crippen molar-refractivity contribution in [2.75, 3.05) is 5.32 Å². The van der Waals surface area contributed by atoms with Gasteiger partial charge in [-0.15, -0.1) is 0 Å². The first-order chi connectivity index (χ1) is 15.0. The highest BCUT2D eigenvalue weighted by molar-refractivity contribution is 6.32. The van der Waals surface area contributed by atoms with E-state index >= 15 is 0 Å². The summed E-state index contributed by atoms with van der Waals surface area (Å²) in [6, 6.07) is 10.2. The summed E-state index contributed by atoms with van der Waals surface area (Å²) in [5, 5.41) is 3.25. The van der Waals surface area contributed by atoms with Crippen LogP contribution in [-0.4, -0.2) is 23.9 Å². The zero-order chi connectivity index (χ0) is 21.8. The summed E-state index contributed by atoms with van der Waals surface area (Å²) in [4.78, 5) is 24.3. The lowest BCUT2D eigenvalue weighted by molar-refractivity contribution is 0.101. The summed E-state index contributed by atoms with van der Waals surface area (Å²) in [6.45, 7) is 1.51. The molecule has 0 unspecified atom stereocenters. The van der Waals surface area contributed by atoms with Gasteiger partial charge in [-0.1, -0.05) is 11.6 Å². The lowest BCUT2D eigenvalue weighted by atomic mass is 10.1. The van der Waals surface area contributed by atoms with Gasteiger partial charge in [0.2, 0.25) is 0 Å². The molecule has 4 rings (SSSR count). The van der Waals surface area contributed by atoms with E-state index in [2.05, 4.69) is 5.32 Å². The van der Waals surface area contributed by atoms with Gasteiger partial charge in [-0.2, -0.15) is 0 Å². The van der Waals surface area contributed by atoms with E-state index in [0.717, 1.165) is 51.4 Å². The molecule has 2 aliphatic rings. The molecule has 1 N–H and O–H groups in total. The summed E-state index contributed by atoms with van der Waals surface area (Å²) in [5.74, 6) is 0.781. The standard InChI is InChI=1S/C25H28ClNO4/c1-16(28)17-10-12-19(13-11-17)27-25(29)18-14-22(26)24(31-21-8-4-5-9-21)23(15-18)30-20-6-2-3-7-20/h10-15,20-21H,2-9H2,1H3,(H,27,29). The SMILES string of the molecule is CC(=O)c1ccc(NC(=O)c2cc(Cl)c(OC3CCCC3)c(OC3CCCC3)c2)cc1. The van der Waals surface area contributed by atoms with Gasteiger partial charge in [-0.25, -0.2) is 0 Å². The quantitative estimate of drug-likeness (QED) is 0.502. The number of Topliss-reactive ketones (excluding diaryl/α,β-unsaturated/α-hetero) is 1. The molecule has 0 atom stereocenters. The topological polar surface area (TPSA) is 64.6 Å². The Balaban J connectivity index is 1.56. The fourth-order valence-corrected chi connectivity index (χ4v) is 4.51. The van der Waals surface area contributed by atoms with Crippen LogP contribution < -0.4 is 14.8 Å². The average Bonchev–Trinajstić information content (AvgIpc) is 3.45. The third kappa shape index (κ3) is 5.40. The van der Waals surface area contributed by atoms with Crippen LogP contribution in [0, 0.1) is 0 Å². The van der Waals surface area contributed by atoms with E-state index in [9.17, 15) is 9.59 Å². The first-order valence-corrected chi connectivity index (χ1v) is 11.5. The maximum atomic E-state index is 12.9. The van der Waals surface area contributed by atoms with Gasteiger partial charge >= 0.3 is 0 Å². The fourth-order valence-electron chi connectivity index (χ4n) is 4.25. The number of hydrogen-bond donors (Lipinski definition) is 1. The van der Waals surface area contributed by atoms with E-state index in [4.69, 9.17) is 21.1 Å². The van der Waals surface area contributed by atoms with Gasteiger partial charge in [0.05, 0.1) is 17.2 Å². The molecule has 2 aromatic rings. The number of amides is 1. The Morgan fingerprint density at radius 2 is 1.45 bits per heavy atom. The van der Waals surface area contributed by atoms with Crippen molar-refractivity contribution < 1.29 is 19.1 Å². The molecule has 0 spiro atoms. The maximum Gasteiger partial charge on any atom is 0.255 e. The molecule has 2 saturated carbocycles. The Kier molecular flexibility index (Phi) is 6.81. The molecule has 2 aromatic carbocycles. The first-order valence-electron chi connectivity index (χ1n) is 11.1. The van der Waals surface area contributed by atoms with Crippen molar-refractivity contribution in [2.24, 2.45) is 0 Å². The molecule has 0 aromatic heterocycles. The first kappa shape index (κ1) is 21.7. The lowest BCUT2D eigenvalue weighted by Gasteiger charge is -2.21. The highest BCUT2D eigenvalue weighted by atomic mass is 35.5. The van der Waals surface area contributed by atoms with Crippen molar-refractivity contribution in [2.45, 2.75) is 70.5 Å². The molecule has 164 valence electrons. The largest absolute Gasteiger partial charge is 0.486 e. The van der Waals surface area contributed by atoms with Crippen LogP contribution in [0.3, 0.4) is 0 Å². The third-order valence-corrected chi connectivity index (χ3v) is 6.28. The van der Waals surface area contributed by atoms with Crippen molar-refractivity contribution in [1.82, 2.24) is 0 Å². The van der Waals surface area contributed by atoms with E-state index < -0.39 is 0 Å². The second-order valence-corrected chi connectivity index (χ2v) is 8.83. The number of benzene rings is 2.